The Balaban J connectivity index is 1.72. The molecule has 1 N–H and O–H groups in total. The summed E-state index contributed by atoms with van der Waals surface area (Å²) >= 11 is 0. The zero-order valence-electron chi connectivity index (χ0n) is 10.3. The van der Waals surface area contributed by atoms with Crippen molar-refractivity contribution in [1.82, 2.24) is 0 Å². The van der Waals surface area contributed by atoms with Gasteiger partial charge in [0, 0.05) is 29.3 Å². The second-order valence-electron chi connectivity index (χ2n) is 5.25. The van der Waals surface area contributed by atoms with Crippen molar-refractivity contribution in [2.45, 2.75) is 25.8 Å². The summed E-state index contributed by atoms with van der Waals surface area (Å²) < 4.78 is 0. The van der Waals surface area contributed by atoms with Crippen molar-refractivity contribution < 1.29 is 4.92 Å². The number of hydrogen-bond donors (Lipinski definition) is 1. The molecule has 18 heavy (non-hydrogen) atoms. The van der Waals surface area contributed by atoms with Crippen LogP contribution in [0, 0.1) is 28.9 Å². The first kappa shape index (κ1) is 11.3. The molecule has 2 aliphatic carbocycles. The van der Waals surface area contributed by atoms with Gasteiger partial charge in [-0.1, -0.05) is 12.2 Å². The zero-order valence-corrected chi connectivity index (χ0v) is 10.3. The summed E-state index contributed by atoms with van der Waals surface area (Å²) in [6, 6.07) is 5.74. The summed E-state index contributed by atoms with van der Waals surface area (Å²) in [6.45, 7) is 1.78. The fourth-order valence-electron chi connectivity index (χ4n) is 3.05. The van der Waals surface area contributed by atoms with E-state index in [1.807, 2.05) is 6.07 Å². The minimum absolute atomic E-state index is 0.188. The molecular weight excluding hydrogens is 228 g/mol. The topological polar surface area (TPSA) is 55.2 Å². The van der Waals surface area contributed by atoms with Crippen LogP contribution in [0.4, 0.5) is 11.4 Å². The molecule has 94 valence electrons. The lowest BCUT2D eigenvalue weighted by molar-refractivity contribution is -0.385. The number of anilines is 1. The Morgan fingerprint density at radius 3 is 2.94 bits per heavy atom. The van der Waals surface area contributed by atoms with Crippen molar-refractivity contribution in [2.75, 3.05) is 5.32 Å². The molecule has 3 rings (SSSR count). The van der Waals surface area contributed by atoms with E-state index < -0.39 is 0 Å². The van der Waals surface area contributed by atoms with Gasteiger partial charge in [0.05, 0.1) is 4.92 Å². The lowest BCUT2D eigenvalue weighted by atomic mass is 9.71. The average molecular weight is 244 g/mol. The molecule has 4 heteroatoms. The molecular formula is C14H16N2O2. The third-order valence-electron chi connectivity index (χ3n) is 4.11. The number of aryl methyl sites for hydroxylation is 1. The van der Waals surface area contributed by atoms with Crippen LogP contribution < -0.4 is 5.32 Å². The molecule has 3 unspecified atom stereocenters. The number of nitrogens with zero attached hydrogens (tertiary/aromatic N) is 1. The predicted octanol–water partition coefficient (Wildman–Crippen LogP) is 3.28. The van der Waals surface area contributed by atoms with Gasteiger partial charge in [-0.05, 0) is 37.8 Å². The first-order valence-corrected chi connectivity index (χ1v) is 6.33. The van der Waals surface area contributed by atoms with Gasteiger partial charge in [0.1, 0.15) is 0 Å². The van der Waals surface area contributed by atoms with Crippen LogP contribution in [-0.2, 0) is 0 Å². The lowest BCUT2D eigenvalue weighted by Gasteiger charge is -2.41. The van der Waals surface area contributed by atoms with E-state index in [1.54, 1.807) is 19.1 Å². The first-order valence-electron chi connectivity index (χ1n) is 6.33. The van der Waals surface area contributed by atoms with Crippen LogP contribution in [0.15, 0.2) is 30.4 Å². The van der Waals surface area contributed by atoms with Gasteiger partial charge < -0.3 is 5.32 Å². The maximum absolute atomic E-state index is 10.7. The van der Waals surface area contributed by atoms with Crippen LogP contribution in [0.1, 0.15) is 18.4 Å². The van der Waals surface area contributed by atoms with Crippen LogP contribution in [0.3, 0.4) is 0 Å². The molecule has 4 nitrogen and oxygen atoms in total. The van der Waals surface area contributed by atoms with Crippen molar-refractivity contribution >= 4 is 11.4 Å². The van der Waals surface area contributed by atoms with E-state index in [4.69, 9.17) is 0 Å². The summed E-state index contributed by atoms with van der Waals surface area (Å²) in [6.07, 6.45) is 6.97. The minimum atomic E-state index is -0.335. The highest BCUT2D eigenvalue weighted by Gasteiger charge is 2.40. The highest BCUT2D eigenvalue weighted by molar-refractivity contribution is 5.54. The molecule has 0 heterocycles. The lowest BCUT2D eigenvalue weighted by Crippen LogP contribution is -2.43. The second-order valence-corrected chi connectivity index (χ2v) is 5.25. The summed E-state index contributed by atoms with van der Waals surface area (Å²) in [5.74, 6) is 1.47. The SMILES string of the molecule is Cc1cc(NC2CC3CC=CC32)ccc1[N+](=O)[O-]. The fourth-order valence-corrected chi connectivity index (χ4v) is 3.05. The monoisotopic (exact) mass is 244 g/mol. The number of nitrogens with one attached hydrogen (secondary N) is 1. The highest BCUT2D eigenvalue weighted by atomic mass is 16.6. The average Bonchev–Trinajstić information content (AvgIpc) is 2.67. The van der Waals surface area contributed by atoms with E-state index in [1.165, 1.54) is 12.8 Å². The zero-order chi connectivity index (χ0) is 12.7. The fraction of sp³-hybridized carbons (Fsp3) is 0.429. The van der Waals surface area contributed by atoms with E-state index in [2.05, 4.69) is 17.5 Å². The maximum atomic E-state index is 10.7. The van der Waals surface area contributed by atoms with Gasteiger partial charge in [0.25, 0.3) is 5.69 Å². The first-order chi connectivity index (χ1) is 8.65. The van der Waals surface area contributed by atoms with E-state index in [-0.39, 0.29) is 10.6 Å². The predicted molar refractivity (Wildman–Crippen MR) is 70.6 cm³/mol. The standard InChI is InChI=1S/C14H16N2O2/c1-9-7-11(5-6-14(9)16(17)18)15-13-8-10-3-2-4-12(10)13/h2,4-7,10,12-13,15H,3,8H2,1H3. The van der Waals surface area contributed by atoms with Crippen LogP contribution in [0.5, 0.6) is 0 Å². The molecule has 2 aliphatic rings. The van der Waals surface area contributed by atoms with E-state index >= 15 is 0 Å². The molecule has 1 aromatic carbocycles. The van der Waals surface area contributed by atoms with Crippen molar-refractivity contribution in [3.8, 4) is 0 Å². The Labute approximate surface area is 106 Å². The van der Waals surface area contributed by atoms with Crippen LogP contribution in [-0.4, -0.2) is 11.0 Å². The largest absolute Gasteiger partial charge is 0.382 e. The van der Waals surface area contributed by atoms with Gasteiger partial charge in [0.15, 0.2) is 0 Å². The van der Waals surface area contributed by atoms with E-state index in [9.17, 15) is 10.1 Å². The Kier molecular flexibility index (Phi) is 2.58. The number of fused-ring (bicyclic) bond motifs is 1. The molecule has 0 bridgehead atoms. The molecule has 0 aromatic heterocycles. The normalized spacial score (nSPS) is 28.6. The summed E-state index contributed by atoms with van der Waals surface area (Å²) in [4.78, 5) is 10.4. The minimum Gasteiger partial charge on any atom is -0.382 e. The van der Waals surface area contributed by atoms with Crippen molar-refractivity contribution in [3.05, 3.63) is 46.0 Å². The van der Waals surface area contributed by atoms with Gasteiger partial charge in [-0.25, -0.2) is 0 Å². The Hall–Kier alpha value is -1.84. The van der Waals surface area contributed by atoms with Gasteiger partial charge in [0.2, 0.25) is 0 Å². The van der Waals surface area contributed by atoms with E-state index in [0.717, 1.165) is 11.6 Å². The summed E-state index contributed by atoms with van der Waals surface area (Å²) in [5.41, 5.74) is 1.89. The third-order valence-corrected chi connectivity index (χ3v) is 4.11. The molecule has 3 atom stereocenters. The molecule has 0 amide bonds. The highest BCUT2D eigenvalue weighted by Crippen LogP contribution is 2.44. The number of hydrogen-bond acceptors (Lipinski definition) is 3. The molecule has 1 fully saturated rings. The summed E-state index contributed by atoms with van der Waals surface area (Å²) in [5, 5.41) is 14.2. The van der Waals surface area contributed by atoms with Gasteiger partial charge in [-0.15, -0.1) is 0 Å². The van der Waals surface area contributed by atoms with Crippen LogP contribution >= 0.6 is 0 Å². The van der Waals surface area contributed by atoms with Gasteiger partial charge >= 0.3 is 0 Å². The van der Waals surface area contributed by atoms with Crippen molar-refractivity contribution in [1.29, 1.82) is 0 Å². The van der Waals surface area contributed by atoms with Gasteiger partial charge in [-0.2, -0.15) is 0 Å². The number of rotatable bonds is 3. The second kappa shape index (κ2) is 4.12. The van der Waals surface area contributed by atoms with Crippen molar-refractivity contribution in [2.24, 2.45) is 11.8 Å². The third kappa shape index (κ3) is 1.78. The molecule has 0 spiro atoms. The van der Waals surface area contributed by atoms with Crippen molar-refractivity contribution in [3.63, 3.8) is 0 Å². The van der Waals surface area contributed by atoms with E-state index in [0.29, 0.717) is 17.5 Å². The summed E-state index contributed by atoms with van der Waals surface area (Å²) in [7, 11) is 0. The number of nitro benzene ring substituents is 1. The number of benzene rings is 1. The number of allylic oxidation sites excluding steroid dienone is 1. The van der Waals surface area contributed by atoms with Gasteiger partial charge in [-0.3, -0.25) is 10.1 Å². The Morgan fingerprint density at radius 2 is 2.28 bits per heavy atom. The van der Waals surface area contributed by atoms with Crippen LogP contribution in [0.2, 0.25) is 0 Å². The molecule has 0 radical (unpaired) electrons. The molecule has 0 aliphatic heterocycles. The smallest absolute Gasteiger partial charge is 0.272 e. The Morgan fingerprint density at radius 1 is 1.44 bits per heavy atom. The maximum Gasteiger partial charge on any atom is 0.272 e. The molecule has 0 saturated heterocycles. The van der Waals surface area contributed by atoms with Crippen LogP contribution in [0.25, 0.3) is 0 Å². The molecule has 1 saturated carbocycles. The quantitative estimate of drug-likeness (QED) is 0.504. The molecule has 1 aromatic rings. The number of nitro groups is 1. The Bertz CT molecular complexity index is 525.